The van der Waals surface area contributed by atoms with E-state index in [0.717, 1.165) is 36.9 Å². The second-order valence-electron chi connectivity index (χ2n) is 4.39. The summed E-state index contributed by atoms with van der Waals surface area (Å²) in [5, 5.41) is 5.26. The van der Waals surface area contributed by atoms with Crippen LogP contribution in [0.15, 0.2) is 0 Å². The van der Waals surface area contributed by atoms with Gasteiger partial charge in [0.2, 0.25) is 17.8 Å². The summed E-state index contributed by atoms with van der Waals surface area (Å²) in [6.45, 7) is 2.84. The molecule has 1 aliphatic rings. The van der Waals surface area contributed by atoms with Gasteiger partial charge in [0.1, 0.15) is 5.82 Å². The van der Waals surface area contributed by atoms with Crippen LogP contribution >= 0.6 is 0 Å². The van der Waals surface area contributed by atoms with Crippen LogP contribution in [-0.4, -0.2) is 21.8 Å². The molecule has 6 nitrogen and oxygen atoms in total. The van der Waals surface area contributed by atoms with Crippen LogP contribution in [0.2, 0.25) is 0 Å². The Balaban J connectivity index is 2.40. The Hall–Kier alpha value is -1.98. The fraction of sp³-hybridized carbons (Fsp3) is 0.500. The first kappa shape index (κ1) is 12.5. The summed E-state index contributed by atoms with van der Waals surface area (Å²) < 4.78 is 0. The number of nitrogens with one attached hydrogen (secondary N) is 2. The molecule has 2 N–H and O–H groups in total. The number of amides is 2. The lowest BCUT2D eigenvalue weighted by Crippen LogP contribution is -2.18. The van der Waals surface area contributed by atoms with Gasteiger partial charge >= 0.3 is 0 Å². The Kier molecular flexibility index (Phi) is 3.55. The van der Waals surface area contributed by atoms with E-state index in [9.17, 15) is 9.59 Å². The highest BCUT2D eigenvalue weighted by Gasteiger charge is 2.18. The molecule has 0 fully saturated rings. The van der Waals surface area contributed by atoms with Crippen LogP contribution < -0.4 is 10.6 Å². The SMILES string of the molecule is CC(=O)Nc1nc2c(c(NC(C)=O)n1)CCCC2. The third-order valence-corrected chi connectivity index (χ3v) is 2.77. The Labute approximate surface area is 105 Å². The Morgan fingerprint density at radius 3 is 2.33 bits per heavy atom. The number of fused-ring (bicyclic) bond motifs is 1. The molecular formula is C12H16N4O2. The third kappa shape index (κ3) is 2.82. The van der Waals surface area contributed by atoms with E-state index < -0.39 is 0 Å². The van der Waals surface area contributed by atoms with Gasteiger partial charge in [-0.15, -0.1) is 0 Å². The molecule has 1 aromatic heterocycles. The van der Waals surface area contributed by atoms with Gasteiger partial charge < -0.3 is 5.32 Å². The van der Waals surface area contributed by atoms with Crippen molar-refractivity contribution in [2.24, 2.45) is 0 Å². The van der Waals surface area contributed by atoms with E-state index in [1.165, 1.54) is 13.8 Å². The first-order valence-electron chi connectivity index (χ1n) is 6.01. The average Bonchev–Trinajstić information content (AvgIpc) is 2.27. The number of aryl methyl sites for hydroxylation is 1. The zero-order valence-corrected chi connectivity index (χ0v) is 10.5. The summed E-state index contributed by atoms with van der Waals surface area (Å²) in [6, 6.07) is 0. The van der Waals surface area contributed by atoms with Crippen molar-refractivity contribution in [1.29, 1.82) is 0 Å². The molecule has 0 atom stereocenters. The van der Waals surface area contributed by atoms with E-state index in [2.05, 4.69) is 20.6 Å². The molecule has 0 saturated carbocycles. The lowest BCUT2D eigenvalue weighted by Gasteiger charge is -2.18. The number of nitrogens with zero attached hydrogens (tertiary/aromatic N) is 2. The van der Waals surface area contributed by atoms with Crippen LogP contribution in [-0.2, 0) is 22.4 Å². The number of carbonyl (C=O) groups excluding carboxylic acids is 2. The highest BCUT2D eigenvalue weighted by atomic mass is 16.2. The molecule has 96 valence electrons. The van der Waals surface area contributed by atoms with E-state index in [1.54, 1.807) is 0 Å². The predicted octanol–water partition coefficient (Wildman–Crippen LogP) is 1.27. The van der Waals surface area contributed by atoms with Crippen molar-refractivity contribution in [2.45, 2.75) is 39.5 Å². The number of hydrogen-bond acceptors (Lipinski definition) is 4. The highest BCUT2D eigenvalue weighted by Crippen LogP contribution is 2.26. The fourth-order valence-corrected chi connectivity index (χ4v) is 2.08. The topological polar surface area (TPSA) is 84.0 Å². The molecule has 0 aromatic carbocycles. The molecule has 0 bridgehead atoms. The molecule has 0 spiro atoms. The van der Waals surface area contributed by atoms with Gasteiger partial charge in [0.05, 0.1) is 5.69 Å². The summed E-state index contributed by atoms with van der Waals surface area (Å²) in [6.07, 6.45) is 3.87. The van der Waals surface area contributed by atoms with Crippen molar-refractivity contribution in [1.82, 2.24) is 9.97 Å². The zero-order valence-electron chi connectivity index (χ0n) is 10.5. The van der Waals surface area contributed by atoms with Crippen molar-refractivity contribution in [3.05, 3.63) is 11.3 Å². The molecule has 2 rings (SSSR count). The zero-order chi connectivity index (χ0) is 13.1. The lowest BCUT2D eigenvalue weighted by atomic mass is 9.96. The third-order valence-electron chi connectivity index (χ3n) is 2.77. The fourth-order valence-electron chi connectivity index (χ4n) is 2.08. The van der Waals surface area contributed by atoms with E-state index in [0.29, 0.717) is 5.82 Å². The van der Waals surface area contributed by atoms with Gasteiger partial charge in [-0.05, 0) is 25.7 Å². The molecule has 1 aromatic rings. The van der Waals surface area contributed by atoms with Crippen LogP contribution in [0.5, 0.6) is 0 Å². The maximum Gasteiger partial charge on any atom is 0.231 e. The highest BCUT2D eigenvalue weighted by molar-refractivity contribution is 5.90. The number of hydrogen-bond donors (Lipinski definition) is 2. The molecule has 2 amide bonds. The minimum atomic E-state index is -0.223. The molecule has 0 radical (unpaired) electrons. The van der Waals surface area contributed by atoms with E-state index >= 15 is 0 Å². The maximum absolute atomic E-state index is 11.2. The van der Waals surface area contributed by atoms with Crippen molar-refractivity contribution in [3.63, 3.8) is 0 Å². The van der Waals surface area contributed by atoms with E-state index in [4.69, 9.17) is 0 Å². The predicted molar refractivity (Wildman–Crippen MR) is 67.3 cm³/mol. The normalized spacial score (nSPS) is 13.7. The lowest BCUT2D eigenvalue weighted by molar-refractivity contribution is -0.115. The summed E-state index contributed by atoms with van der Waals surface area (Å²) in [7, 11) is 0. The first-order valence-corrected chi connectivity index (χ1v) is 6.01. The number of anilines is 2. The minimum Gasteiger partial charge on any atom is -0.311 e. The van der Waals surface area contributed by atoms with Crippen molar-refractivity contribution in [2.75, 3.05) is 10.6 Å². The average molecular weight is 248 g/mol. The van der Waals surface area contributed by atoms with Crippen molar-refractivity contribution >= 4 is 23.6 Å². The Morgan fingerprint density at radius 2 is 1.67 bits per heavy atom. The molecular weight excluding hydrogens is 232 g/mol. The van der Waals surface area contributed by atoms with Crippen LogP contribution in [0.25, 0.3) is 0 Å². The summed E-state index contributed by atoms with van der Waals surface area (Å²) in [4.78, 5) is 30.7. The molecule has 0 unspecified atom stereocenters. The molecule has 1 aliphatic carbocycles. The Bertz CT molecular complexity index is 499. The molecule has 18 heavy (non-hydrogen) atoms. The second-order valence-corrected chi connectivity index (χ2v) is 4.39. The van der Waals surface area contributed by atoms with Crippen LogP contribution in [0.3, 0.4) is 0 Å². The number of carbonyl (C=O) groups is 2. The summed E-state index contributed by atoms with van der Waals surface area (Å²) >= 11 is 0. The largest absolute Gasteiger partial charge is 0.311 e. The summed E-state index contributed by atoms with van der Waals surface area (Å²) in [5.74, 6) is 0.387. The second kappa shape index (κ2) is 5.12. The van der Waals surface area contributed by atoms with E-state index in [-0.39, 0.29) is 17.8 Å². The standard InChI is InChI=1S/C12H16N4O2/c1-7(17)13-11-9-5-3-4-6-10(9)15-12(16-11)14-8(2)18/h3-6H2,1-2H3,(H2,13,14,15,16,17,18). The number of rotatable bonds is 2. The van der Waals surface area contributed by atoms with E-state index in [1.807, 2.05) is 0 Å². The molecule has 1 heterocycles. The first-order chi connectivity index (χ1) is 8.56. The van der Waals surface area contributed by atoms with Gasteiger partial charge in [-0.1, -0.05) is 0 Å². The van der Waals surface area contributed by atoms with Gasteiger partial charge in [0.25, 0.3) is 0 Å². The quantitative estimate of drug-likeness (QED) is 0.825. The van der Waals surface area contributed by atoms with Gasteiger partial charge in [-0.25, -0.2) is 4.98 Å². The molecule has 6 heteroatoms. The van der Waals surface area contributed by atoms with Gasteiger partial charge in [-0.3, -0.25) is 14.9 Å². The number of aromatic nitrogens is 2. The van der Waals surface area contributed by atoms with Gasteiger partial charge in [-0.2, -0.15) is 4.98 Å². The van der Waals surface area contributed by atoms with Gasteiger partial charge in [0, 0.05) is 19.4 Å². The smallest absolute Gasteiger partial charge is 0.231 e. The maximum atomic E-state index is 11.2. The van der Waals surface area contributed by atoms with Crippen LogP contribution in [0.4, 0.5) is 11.8 Å². The molecule has 0 aliphatic heterocycles. The molecule has 0 saturated heterocycles. The summed E-state index contributed by atoms with van der Waals surface area (Å²) in [5.41, 5.74) is 1.91. The van der Waals surface area contributed by atoms with Crippen molar-refractivity contribution in [3.8, 4) is 0 Å². The van der Waals surface area contributed by atoms with Crippen LogP contribution in [0.1, 0.15) is 37.9 Å². The van der Waals surface area contributed by atoms with Crippen LogP contribution in [0, 0.1) is 0 Å². The Morgan fingerprint density at radius 1 is 1.00 bits per heavy atom. The van der Waals surface area contributed by atoms with Crippen molar-refractivity contribution < 1.29 is 9.59 Å². The monoisotopic (exact) mass is 248 g/mol. The van der Waals surface area contributed by atoms with Gasteiger partial charge in [0.15, 0.2) is 0 Å². The minimum absolute atomic E-state index is 0.171.